The Morgan fingerprint density at radius 2 is 0.506 bits per heavy atom. The van der Waals surface area contributed by atoms with E-state index in [1.54, 1.807) is 0 Å². The zero-order valence-corrected chi connectivity index (χ0v) is 49.9. The average molecular weight is 1070 g/mol. The van der Waals surface area contributed by atoms with Crippen molar-refractivity contribution in [1.82, 2.24) is 0 Å². The van der Waals surface area contributed by atoms with Crippen LogP contribution in [-0.4, -0.2) is 37.2 Å². The predicted octanol–water partition coefficient (Wildman–Crippen LogP) is 21.8. The molecule has 0 aliphatic carbocycles. The lowest BCUT2D eigenvalue weighted by Crippen LogP contribution is -2.30. The quantitative estimate of drug-likeness (QED) is 0.0261. The van der Waals surface area contributed by atoms with Gasteiger partial charge >= 0.3 is 17.9 Å². The number of unbranched alkanes of at least 4 members (excludes halogenated alkanes) is 23. The smallest absolute Gasteiger partial charge is 0.306 e. The van der Waals surface area contributed by atoms with Crippen LogP contribution in [0.15, 0.2) is 134 Å². The molecule has 0 aromatic heterocycles. The molecule has 77 heavy (non-hydrogen) atoms. The molecule has 0 aliphatic heterocycles. The lowest BCUT2D eigenvalue weighted by molar-refractivity contribution is -0.167. The van der Waals surface area contributed by atoms with Crippen LogP contribution < -0.4 is 0 Å². The van der Waals surface area contributed by atoms with Crippen molar-refractivity contribution in [3.63, 3.8) is 0 Å². The van der Waals surface area contributed by atoms with Crippen molar-refractivity contribution < 1.29 is 28.6 Å². The lowest BCUT2D eigenvalue weighted by atomic mass is 10.1. The monoisotopic (exact) mass is 1060 g/mol. The second-order valence-electron chi connectivity index (χ2n) is 20.5. The molecule has 0 heterocycles. The van der Waals surface area contributed by atoms with Gasteiger partial charge in [-0.1, -0.05) is 257 Å². The fourth-order valence-corrected chi connectivity index (χ4v) is 8.43. The Bertz CT molecular complexity index is 1650. The Morgan fingerprint density at radius 1 is 0.273 bits per heavy atom. The largest absolute Gasteiger partial charge is 0.462 e. The Labute approximate surface area is 475 Å². The number of carbonyl (C=O) groups excluding carboxylic acids is 3. The summed E-state index contributed by atoms with van der Waals surface area (Å²) in [4.78, 5) is 38.2. The van der Waals surface area contributed by atoms with E-state index >= 15 is 0 Å². The molecule has 0 aromatic rings. The Kier molecular flexibility index (Phi) is 60.4. The van der Waals surface area contributed by atoms with Crippen molar-refractivity contribution in [2.45, 2.75) is 284 Å². The van der Waals surface area contributed by atoms with Gasteiger partial charge in [-0.15, -0.1) is 0 Å². The highest BCUT2D eigenvalue weighted by molar-refractivity contribution is 5.71. The Hall–Kier alpha value is -4.45. The summed E-state index contributed by atoms with van der Waals surface area (Å²) in [6.07, 6.45) is 90.3. The van der Waals surface area contributed by atoms with E-state index in [0.29, 0.717) is 19.3 Å². The highest BCUT2D eigenvalue weighted by atomic mass is 16.6. The van der Waals surface area contributed by atoms with Crippen LogP contribution in [0, 0.1) is 0 Å². The van der Waals surface area contributed by atoms with Crippen molar-refractivity contribution in [3.8, 4) is 0 Å². The number of ether oxygens (including phenoxy) is 3. The predicted molar refractivity (Wildman–Crippen MR) is 334 cm³/mol. The van der Waals surface area contributed by atoms with Gasteiger partial charge < -0.3 is 14.2 Å². The maximum Gasteiger partial charge on any atom is 0.306 e. The molecule has 0 aliphatic rings. The summed E-state index contributed by atoms with van der Waals surface area (Å²) in [7, 11) is 0. The van der Waals surface area contributed by atoms with Gasteiger partial charge in [-0.05, 0) is 135 Å². The van der Waals surface area contributed by atoms with Crippen LogP contribution in [-0.2, 0) is 28.6 Å². The third kappa shape index (κ3) is 62.3. The van der Waals surface area contributed by atoms with Crippen LogP contribution in [0.4, 0.5) is 0 Å². The number of esters is 3. The van der Waals surface area contributed by atoms with Crippen LogP contribution in [0.1, 0.15) is 278 Å². The second kappa shape index (κ2) is 64.1. The topological polar surface area (TPSA) is 78.9 Å². The SMILES string of the molecule is CC/C=C\C/C=C\C/C=C\C/C=C\C/C=C\C/C=C\C/C=C\CCCCCCCCCCCC(=O)OCC(COC(=O)CCCCC/C=C\C/C=C\C/C=C\CC)OC(=O)CCCCCCC/C=C\CCCCCCCC. The molecule has 0 amide bonds. The van der Waals surface area contributed by atoms with E-state index in [9.17, 15) is 14.4 Å². The van der Waals surface area contributed by atoms with Gasteiger partial charge in [0.05, 0.1) is 0 Å². The number of hydrogen-bond acceptors (Lipinski definition) is 6. The van der Waals surface area contributed by atoms with E-state index in [0.717, 1.165) is 148 Å². The number of carbonyl (C=O) groups is 3. The molecule has 6 nitrogen and oxygen atoms in total. The fraction of sp³-hybridized carbons (Fsp3) is 0.648. The molecule has 0 saturated carbocycles. The van der Waals surface area contributed by atoms with E-state index in [4.69, 9.17) is 14.2 Å². The molecule has 0 bridgehead atoms. The van der Waals surface area contributed by atoms with Crippen LogP contribution in [0.5, 0.6) is 0 Å². The van der Waals surface area contributed by atoms with Gasteiger partial charge in [0.2, 0.25) is 0 Å². The minimum Gasteiger partial charge on any atom is -0.462 e. The van der Waals surface area contributed by atoms with E-state index in [-0.39, 0.29) is 31.1 Å². The van der Waals surface area contributed by atoms with Gasteiger partial charge in [-0.2, -0.15) is 0 Å². The molecule has 0 saturated heterocycles. The van der Waals surface area contributed by atoms with Gasteiger partial charge in [0, 0.05) is 19.3 Å². The van der Waals surface area contributed by atoms with E-state index < -0.39 is 6.10 Å². The zero-order chi connectivity index (χ0) is 55.7. The highest BCUT2D eigenvalue weighted by Gasteiger charge is 2.19. The van der Waals surface area contributed by atoms with Crippen molar-refractivity contribution in [2.24, 2.45) is 0 Å². The maximum absolute atomic E-state index is 12.9. The van der Waals surface area contributed by atoms with E-state index in [1.165, 1.54) is 89.9 Å². The summed E-state index contributed by atoms with van der Waals surface area (Å²) in [5.41, 5.74) is 0. The molecule has 0 rings (SSSR count). The number of rotatable bonds is 56. The van der Waals surface area contributed by atoms with Crippen molar-refractivity contribution in [2.75, 3.05) is 13.2 Å². The van der Waals surface area contributed by atoms with E-state index in [2.05, 4.69) is 154 Å². The molecule has 0 radical (unpaired) electrons. The molecule has 1 unspecified atom stereocenters. The first-order valence-corrected chi connectivity index (χ1v) is 31.7. The van der Waals surface area contributed by atoms with Crippen molar-refractivity contribution in [3.05, 3.63) is 134 Å². The van der Waals surface area contributed by atoms with E-state index in [1.807, 2.05) is 0 Å². The molecule has 0 spiro atoms. The van der Waals surface area contributed by atoms with Crippen LogP contribution in [0.25, 0.3) is 0 Å². The summed E-state index contributed by atoms with van der Waals surface area (Å²) >= 11 is 0. The second-order valence-corrected chi connectivity index (χ2v) is 20.5. The minimum absolute atomic E-state index is 0.0968. The Balaban J connectivity index is 4.30. The Morgan fingerprint density at radius 3 is 0.818 bits per heavy atom. The standard InChI is InChI=1S/C71H116O6/c1-4-7-10-13-16-19-22-25-27-28-29-30-31-32-33-34-35-36-37-38-39-40-41-42-44-46-49-52-55-58-61-64-70(73)76-67-68(66-75-69(72)63-60-57-54-51-48-45-24-21-18-15-12-9-6-3)77-71(74)65-62-59-56-53-50-47-43-26-23-20-17-14-11-8-5-2/h7,9-10,12,16,18-19,21,25-27,29-30,32-33,35-36,38-39,43,45,48,68H,4-6,8,11,13-15,17,20,22-24,28,31,34,37,40-42,44,46-47,49-67H2,1-3H3/b10-7-,12-9-,19-16-,21-18-,27-25-,30-29-,33-32-,36-35-,39-38-,43-26-,48-45-. The van der Waals surface area contributed by atoms with Gasteiger partial charge in [-0.25, -0.2) is 0 Å². The minimum atomic E-state index is -0.801. The summed E-state index contributed by atoms with van der Waals surface area (Å²) in [6, 6.07) is 0. The fourth-order valence-electron chi connectivity index (χ4n) is 8.43. The average Bonchev–Trinajstić information content (AvgIpc) is 3.43. The van der Waals surface area contributed by atoms with Gasteiger partial charge in [0.1, 0.15) is 13.2 Å². The molecular weight excluding hydrogens is 949 g/mol. The summed E-state index contributed by atoms with van der Waals surface area (Å²) in [5, 5.41) is 0. The summed E-state index contributed by atoms with van der Waals surface area (Å²) in [5.74, 6) is -0.940. The van der Waals surface area contributed by atoms with Crippen LogP contribution >= 0.6 is 0 Å². The van der Waals surface area contributed by atoms with Crippen LogP contribution in [0.2, 0.25) is 0 Å². The summed E-state index contributed by atoms with van der Waals surface area (Å²) in [6.45, 7) is 6.37. The number of allylic oxidation sites excluding steroid dienone is 22. The lowest BCUT2D eigenvalue weighted by Gasteiger charge is -2.18. The zero-order valence-electron chi connectivity index (χ0n) is 49.9. The van der Waals surface area contributed by atoms with Crippen molar-refractivity contribution in [1.29, 1.82) is 0 Å². The summed E-state index contributed by atoms with van der Waals surface area (Å²) < 4.78 is 16.9. The molecule has 0 N–H and O–H groups in total. The molecule has 436 valence electrons. The highest BCUT2D eigenvalue weighted by Crippen LogP contribution is 2.15. The normalized spacial score (nSPS) is 13.0. The molecule has 0 aromatic carbocycles. The molecule has 6 heteroatoms. The third-order valence-electron chi connectivity index (χ3n) is 13.1. The first kappa shape index (κ1) is 72.5. The van der Waals surface area contributed by atoms with Crippen molar-refractivity contribution >= 4 is 17.9 Å². The van der Waals surface area contributed by atoms with Crippen LogP contribution in [0.3, 0.4) is 0 Å². The van der Waals surface area contributed by atoms with Gasteiger partial charge in [0.15, 0.2) is 6.10 Å². The first-order valence-electron chi connectivity index (χ1n) is 31.7. The maximum atomic E-state index is 12.9. The molecule has 0 fully saturated rings. The first-order chi connectivity index (χ1) is 38.0. The molecule has 1 atom stereocenters. The molecular formula is C71H116O6. The van der Waals surface area contributed by atoms with Gasteiger partial charge in [-0.3, -0.25) is 14.4 Å². The van der Waals surface area contributed by atoms with Gasteiger partial charge in [0.25, 0.3) is 0 Å². The number of hydrogen-bond donors (Lipinski definition) is 0. The third-order valence-corrected chi connectivity index (χ3v) is 13.1.